The number of aliphatic hydroxyl groups is 1. The fourth-order valence-electron chi connectivity index (χ4n) is 2.08. The molecular formula is C18H21NO3. The largest absolute Gasteiger partial charge is 0.491 e. The number of carbonyl (C=O) groups is 1. The molecule has 0 saturated carbocycles. The van der Waals surface area contributed by atoms with Gasteiger partial charge in [0.2, 0.25) is 5.91 Å². The number of hydrogen-bond acceptors (Lipinski definition) is 3. The smallest absolute Gasteiger partial charge is 0.228 e. The van der Waals surface area contributed by atoms with Crippen molar-refractivity contribution in [3.05, 3.63) is 59.7 Å². The van der Waals surface area contributed by atoms with Crippen molar-refractivity contribution >= 4 is 11.6 Å². The van der Waals surface area contributed by atoms with E-state index >= 15 is 0 Å². The molecule has 0 heterocycles. The summed E-state index contributed by atoms with van der Waals surface area (Å²) in [5, 5.41) is 11.6. The topological polar surface area (TPSA) is 58.6 Å². The second-order valence-electron chi connectivity index (χ2n) is 4.99. The molecule has 4 nitrogen and oxygen atoms in total. The molecule has 0 saturated heterocycles. The summed E-state index contributed by atoms with van der Waals surface area (Å²) in [5.74, 6) is 0.621. The molecule has 0 aliphatic heterocycles. The van der Waals surface area contributed by atoms with Gasteiger partial charge in [-0.05, 0) is 41.8 Å². The summed E-state index contributed by atoms with van der Waals surface area (Å²) < 4.78 is 5.27. The van der Waals surface area contributed by atoms with Crippen LogP contribution in [0.4, 0.5) is 5.69 Å². The molecule has 0 radical (unpaired) electrons. The first-order valence-electron chi connectivity index (χ1n) is 7.42. The van der Waals surface area contributed by atoms with Gasteiger partial charge in [-0.25, -0.2) is 0 Å². The molecule has 116 valence electrons. The molecule has 4 heteroatoms. The van der Waals surface area contributed by atoms with E-state index in [-0.39, 0.29) is 19.1 Å². The van der Waals surface area contributed by atoms with Gasteiger partial charge in [-0.3, -0.25) is 4.79 Å². The highest BCUT2D eigenvalue weighted by Crippen LogP contribution is 2.16. The first-order valence-corrected chi connectivity index (χ1v) is 7.42. The predicted octanol–water partition coefficient (Wildman–Crippen LogP) is 2.80. The molecule has 0 aliphatic rings. The number of ether oxygens (including phenoxy) is 1. The second-order valence-corrected chi connectivity index (χ2v) is 4.99. The van der Waals surface area contributed by atoms with Gasteiger partial charge in [0.1, 0.15) is 12.4 Å². The molecule has 2 aromatic carbocycles. The molecule has 0 aliphatic carbocycles. The number of aryl methyl sites for hydroxylation is 1. The van der Waals surface area contributed by atoms with Gasteiger partial charge in [-0.2, -0.15) is 0 Å². The van der Waals surface area contributed by atoms with E-state index in [1.54, 1.807) is 24.3 Å². The van der Waals surface area contributed by atoms with E-state index in [1.165, 1.54) is 5.56 Å². The van der Waals surface area contributed by atoms with Crippen molar-refractivity contribution < 1.29 is 14.6 Å². The van der Waals surface area contributed by atoms with Crippen molar-refractivity contribution in [3.63, 3.8) is 0 Å². The minimum atomic E-state index is -0.0479. The number of aliphatic hydroxyl groups excluding tert-OH is 1. The van der Waals surface area contributed by atoms with Crippen molar-refractivity contribution in [2.75, 3.05) is 18.5 Å². The minimum absolute atomic E-state index is 0.0185. The van der Waals surface area contributed by atoms with Crippen LogP contribution >= 0.6 is 0 Å². The van der Waals surface area contributed by atoms with Gasteiger partial charge in [0.05, 0.1) is 13.0 Å². The lowest BCUT2D eigenvalue weighted by Gasteiger charge is -2.08. The van der Waals surface area contributed by atoms with E-state index in [0.29, 0.717) is 12.2 Å². The van der Waals surface area contributed by atoms with Crippen LogP contribution in [0.3, 0.4) is 0 Å². The summed E-state index contributed by atoms with van der Waals surface area (Å²) in [6.07, 6.45) is 1.35. The molecule has 2 aromatic rings. The molecule has 2 rings (SSSR count). The molecule has 22 heavy (non-hydrogen) atoms. The second kappa shape index (κ2) is 8.20. The van der Waals surface area contributed by atoms with E-state index in [1.807, 2.05) is 12.1 Å². The zero-order valence-corrected chi connectivity index (χ0v) is 12.7. The Hall–Kier alpha value is -2.33. The SMILES string of the molecule is CCc1ccc(CC(=O)Nc2ccc(OCCO)cc2)cc1. The van der Waals surface area contributed by atoms with E-state index in [0.717, 1.165) is 17.7 Å². The lowest BCUT2D eigenvalue weighted by molar-refractivity contribution is -0.115. The minimum Gasteiger partial charge on any atom is -0.491 e. The Morgan fingerprint density at radius 1 is 1.05 bits per heavy atom. The number of anilines is 1. The Labute approximate surface area is 130 Å². The Bertz CT molecular complexity index is 591. The Balaban J connectivity index is 1.88. The summed E-state index contributed by atoms with van der Waals surface area (Å²) in [6.45, 7) is 2.35. The Kier molecular flexibility index (Phi) is 5.98. The molecule has 0 unspecified atom stereocenters. The molecule has 0 aromatic heterocycles. The highest BCUT2D eigenvalue weighted by molar-refractivity contribution is 5.92. The van der Waals surface area contributed by atoms with Crippen LogP contribution in [0.2, 0.25) is 0 Å². The van der Waals surface area contributed by atoms with Crippen LogP contribution in [0, 0.1) is 0 Å². The van der Waals surface area contributed by atoms with Gasteiger partial charge < -0.3 is 15.2 Å². The lowest BCUT2D eigenvalue weighted by atomic mass is 10.1. The first-order chi connectivity index (χ1) is 10.7. The van der Waals surface area contributed by atoms with Gasteiger partial charge in [-0.1, -0.05) is 31.2 Å². The third-order valence-electron chi connectivity index (χ3n) is 3.29. The van der Waals surface area contributed by atoms with Crippen LogP contribution in [0.1, 0.15) is 18.1 Å². The quantitative estimate of drug-likeness (QED) is 0.826. The van der Waals surface area contributed by atoms with Gasteiger partial charge in [0.25, 0.3) is 0 Å². The van der Waals surface area contributed by atoms with Crippen molar-refractivity contribution in [2.45, 2.75) is 19.8 Å². The molecule has 0 atom stereocenters. The summed E-state index contributed by atoms with van der Waals surface area (Å²) in [6, 6.07) is 15.2. The molecule has 0 spiro atoms. The van der Waals surface area contributed by atoms with E-state index in [9.17, 15) is 4.79 Å². The van der Waals surface area contributed by atoms with Gasteiger partial charge in [0, 0.05) is 5.69 Å². The van der Waals surface area contributed by atoms with E-state index < -0.39 is 0 Å². The fraction of sp³-hybridized carbons (Fsp3) is 0.278. The zero-order valence-electron chi connectivity index (χ0n) is 12.7. The first kappa shape index (κ1) is 16.0. The van der Waals surface area contributed by atoms with Crippen LogP contribution < -0.4 is 10.1 Å². The van der Waals surface area contributed by atoms with Gasteiger partial charge in [-0.15, -0.1) is 0 Å². The van der Waals surface area contributed by atoms with Gasteiger partial charge >= 0.3 is 0 Å². The summed E-state index contributed by atoms with van der Waals surface area (Å²) >= 11 is 0. The van der Waals surface area contributed by atoms with Crippen molar-refractivity contribution in [2.24, 2.45) is 0 Å². The molecule has 0 fully saturated rings. The van der Waals surface area contributed by atoms with E-state index in [4.69, 9.17) is 9.84 Å². The van der Waals surface area contributed by atoms with Crippen molar-refractivity contribution in [1.29, 1.82) is 0 Å². The fourth-order valence-corrected chi connectivity index (χ4v) is 2.08. The molecule has 1 amide bonds. The standard InChI is InChI=1S/C18H21NO3/c1-2-14-3-5-15(6-4-14)13-18(21)19-16-7-9-17(10-8-16)22-12-11-20/h3-10,20H,2,11-13H2,1H3,(H,19,21). The number of benzene rings is 2. The Morgan fingerprint density at radius 2 is 1.68 bits per heavy atom. The van der Waals surface area contributed by atoms with Crippen LogP contribution in [-0.4, -0.2) is 24.2 Å². The summed E-state index contributed by atoms with van der Waals surface area (Å²) in [5.41, 5.74) is 2.99. The van der Waals surface area contributed by atoms with Crippen LogP contribution in [0.15, 0.2) is 48.5 Å². The number of rotatable bonds is 7. The number of amides is 1. The summed E-state index contributed by atoms with van der Waals surface area (Å²) in [4.78, 5) is 12.0. The third kappa shape index (κ3) is 4.90. The lowest BCUT2D eigenvalue weighted by Crippen LogP contribution is -2.14. The maximum Gasteiger partial charge on any atom is 0.228 e. The summed E-state index contributed by atoms with van der Waals surface area (Å²) in [7, 11) is 0. The van der Waals surface area contributed by atoms with Crippen molar-refractivity contribution in [1.82, 2.24) is 0 Å². The normalized spacial score (nSPS) is 10.3. The predicted molar refractivity (Wildman–Crippen MR) is 87.2 cm³/mol. The van der Waals surface area contributed by atoms with Gasteiger partial charge in [0.15, 0.2) is 0 Å². The number of carbonyl (C=O) groups excluding carboxylic acids is 1. The number of nitrogens with one attached hydrogen (secondary N) is 1. The van der Waals surface area contributed by atoms with Crippen molar-refractivity contribution in [3.8, 4) is 5.75 Å². The van der Waals surface area contributed by atoms with E-state index in [2.05, 4.69) is 24.4 Å². The maximum absolute atomic E-state index is 12.0. The average Bonchev–Trinajstić information content (AvgIpc) is 2.55. The Morgan fingerprint density at radius 3 is 2.27 bits per heavy atom. The maximum atomic E-state index is 12.0. The molecule has 2 N–H and O–H groups in total. The monoisotopic (exact) mass is 299 g/mol. The van der Waals surface area contributed by atoms with Crippen LogP contribution in [0.25, 0.3) is 0 Å². The van der Waals surface area contributed by atoms with Crippen LogP contribution in [0.5, 0.6) is 5.75 Å². The van der Waals surface area contributed by atoms with Crippen LogP contribution in [-0.2, 0) is 17.6 Å². The average molecular weight is 299 g/mol. The third-order valence-corrected chi connectivity index (χ3v) is 3.29. The number of hydrogen-bond donors (Lipinski definition) is 2. The molecule has 0 bridgehead atoms. The molecular weight excluding hydrogens is 278 g/mol. The highest BCUT2D eigenvalue weighted by atomic mass is 16.5. The zero-order chi connectivity index (χ0) is 15.8. The highest BCUT2D eigenvalue weighted by Gasteiger charge is 2.04.